The van der Waals surface area contributed by atoms with Crippen LogP contribution in [0.2, 0.25) is 0 Å². The van der Waals surface area contributed by atoms with Gasteiger partial charge in [-0.3, -0.25) is 9.48 Å². The van der Waals surface area contributed by atoms with Gasteiger partial charge in [0.2, 0.25) is 5.91 Å². The minimum absolute atomic E-state index is 0.00977. The second-order valence-electron chi connectivity index (χ2n) is 8.78. The van der Waals surface area contributed by atoms with E-state index in [0.717, 1.165) is 54.0 Å². The number of benzene rings is 2. The van der Waals surface area contributed by atoms with Gasteiger partial charge in [-0.05, 0) is 50.8 Å². The molecule has 0 spiro atoms. The van der Waals surface area contributed by atoms with Crippen LogP contribution >= 0.6 is 0 Å². The number of para-hydroxylation sites is 1. The van der Waals surface area contributed by atoms with Gasteiger partial charge in [-0.1, -0.05) is 48.5 Å². The smallest absolute Gasteiger partial charge is 0.225 e. The molecule has 1 atom stereocenters. The molecule has 0 saturated carbocycles. The first-order valence-corrected chi connectivity index (χ1v) is 11.6. The molecule has 0 saturated heterocycles. The molecule has 6 heteroatoms. The molecule has 1 N–H and O–H groups in total. The molecular weight excluding hydrogens is 410 g/mol. The highest BCUT2D eigenvalue weighted by Gasteiger charge is 2.26. The van der Waals surface area contributed by atoms with Gasteiger partial charge in [0.05, 0.1) is 36.6 Å². The van der Waals surface area contributed by atoms with Crippen LogP contribution in [0.5, 0.6) is 0 Å². The molecule has 5 rings (SSSR count). The van der Waals surface area contributed by atoms with Gasteiger partial charge in [-0.15, -0.1) is 0 Å². The van der Waals surface area contributed by atoms with Crippen LogP contribution in [0, 0.1) is 13.8 Å². The second-order valence-corrected chi connectivity index (χ2v) is 8.78. The molecule has 1 aliphatic carbocycles. The molecule has 0 radical (unpaired) electrons. The molecule has 1 aliphatic rings. The van der Waals surface area contributed by atoms with Crippen LogP contribution in [-0.4, -0.2) is 25.5 Å². The lowest BCUT2D eigenvalue weighted by molar-refractivity contribution is -0.121. The summed E-state index contributed by atoms with van der Waals surface area (Å²) in [5.41, 5.74) is 7.52. The molecule has 2 heterocycles. The zero-order chi connectivity index (χ0) is 22.8. The number of carbonyl (C=O) groups excluding carboxylic acids is 1. The zero-order valence-corrected chi connectivity index (χ0v) is 19.2. The number of fused-ring (bicyclic) bond motifs is 1. The maximum atomic E-state index is 13.1. The van der Waals surface area contributed by atoms with E-state index < -0.39 is 0 Å². The fraction of sp³-hybridized carbons (Fsp3) is 0.296. The molecule has 1 amide bonds. The molecule has 33 heavy (non-hydrogen) atoms. The number of rotatable bonds is 6. The van der Waals surface area contributed by atoms with Crippen LogP contribution in [0.4, 0.5) is 0 Å². The fourth-order valence-corrected chi connectivity index (χ4v) is 4.82. The molecule has 2 aromatic carbocycles. The summed E-state index contributed by atoms with van der Waals surface area (Å²) in [6, 6.07) is 20.4. The molecule has 168 valence electrons. The Bertz CT molecular complexity index is 1260. The SMILES string of the molecule is Cc1nn(-c2ccccc2)c(C)c1CC(=O)NC1CCCc2c1cnn2Cc1ccccc1. The number of hydrogen-bond donors (Lipinski definition) is 1. The fourth-order valence-electron chi connectivity index (χ4n) is 4.82. The number of aromatic nitrogens is 4. The second kappa shape index (κ2) is 9.06. The van der Waals surface area contributed by atoms with Gasteiger partial charge < -0.3 is 5.32 Å². The van der Waals surface area contributed by atoms with E-state index in [2.05, 4.69) is 44.5 Å². The van der Waals surface area contributed by atoms with E-state index in [1.807, 2.05) is 61.1 Å². The van der Waals surface area contributed by atoms with Crippen LogP contribution in [0.15, 0.2) is 66.9 Å². The van der Waals surface area contributed by atoms with Crippen molar-refractivity contribution in [3.63, 3.8) is 0 Å². The highest BCUT2D eigenvalue weighted by molar-refractivity contribution is 5.79. The summed E-state index contributed by atoms with van der Waals surface area (Å²) in [6.45, 7) is 4.76. The Labute approximate surface area is 194 Å². The molecule has 4 aromatic rings. The van der Waals surface area contributed by atoms with E-state index >= 15 is 0 Å². The number of hydrogen-bond acceptors (Lipinski definition) is 3. The summed E-state index contributed by atoms with van der Waals surface area (Å²) in [7, 11) is 0. The van der Waals surface area contributed by atoms with Crippen molar-refractivity contribution in [1.29, 1.82) is 0 Å². The zero-order valence-electron chi connectivity index (χ0n) is 19.2. The summed E-state index contributed by atoms with van der Waals surface area (Å²) in [5, 5.41) is 12.6. The monoisotopic (exact) mass is 439 g/mol. The molecular formula is C27H29N5O. The lowest BCUT2D eigenvalue weighted by atomic mass is 9.92. The van der Waals surface area contributed by atoms with E-state index in [0.29, 0.717) is 6.42 Å². The van der Waals surface area contributed by atoms with Gasteiger partial charge in [0, 0.05) is 22.5 Å². The van der Waals surface area contributed by atoms with Gasteiger partial charge in [-0.2, -0.15) is 10.2 Å². The molecule has 0 bridgehead atoms. The summed E-state index contributed by atoms with van der Waals surface area (Å²) in [5.74, 6) is 0.0301. The summed E-state index contributed by atoms with van der Waals surface area (Å²) >= 11 is 0. The lowest BCUT2D eigenvalue weighted by Crippen LogP contribution is -2.32. The normalized spacial score (nSPS) is 15.3. The van der Waals surface area contributed by atoms with Crippen LogP contribution in [0.25, 0.3) is 5.69 Å². The van der Waals surface area contributed by atoms with Crippen LogP contribution in [0.1, 0.15) is 52.7 Å². The summed E-state index contributed by atoms with van der Waals surface area (Å²) < 4.78 is 4.01. The van der Waals surface area contributed by atoms with E-state index in [9.17, 15) is 4.79 Å². The van der Waals surface area contributed by atoms with E-state index in [-0.39, 0.29) is 11.9 Å². The quantitative estimate of drug-likeness (QED) is 0.482. The van der Waals surface area contributed by atoms with Crippen molar-refractivity contribution in [1.82, 2.24) is 24.9 Å². The van der Waals surface area contributed by atoms with Crippen molar-refractivity contribution in [3.8, 4) is 5.69 Å². The van der Waals surface area contributed by atoms with Gasteiger partial charge in [0.1, 0.15) is 0 Å². The van der Waals surface area contributed by atoms with Crippen molar-refractivity contribution >= 4 is 5.91 Å². The van der Waals surface area contributed by atoms with E-state index in [1.165, 1.54) is 11.3 Å². The maximum absolute atomic E-state index is 13.1. The first-order chi connectivity index (χ1) is 16.1. The minimum Gasteiger partial charge on any atom is -0.349 e. The minimum atomic E-state index is 0.00977. The highest BCUT2D eigenvalue weighted by atomic mass is 16.1. The van der Waals surface area contributed by atoms with E-state index in [1.54, 1.807) is 0 Å². The molecule has 2 aromatic heterocycles. The Morgan fingerprint density at radius 1 is 1.06 bits per heavy atom. The molecule has 6 nitrogen and oxygen atoms in total. The average Bonchev–Trinajstić information content (AvgIpc) is 3.37. The number of nitrogens with one attached hydrogen (secondary N) is 1. The first kappa shape index (κ1) is 21.2. The van der Waals surface area contributed by atoms with Crippen LogP contribution < -0.4 is 5.32 Å². The van der Waals surface area contributed by atoms with Gasteiger partial charge in [-0.25, -0.2) is 4.68 Å². The Morgan fingerprint density at radius 3 is 2.55 bits per heavy atom. The third-order valence-corrected chi connectivity index (χ3v) is 6.55. The Morgan fingerprint density at radius 2 is 1.79 bits per heavy atom. The van der Waals surface area contributed by atoms with E-state index in [4.69, 9.17) is 0 Å². The Kier molecular flexibility index (Phi) is 5.82. The van der Waals surface area contributed by atoms with Crippen molar-refractivity contribution in [2.45, 2.75) is 52.1 Å². The Hall–Kier alpha value is -3.67. The summed E-state index contributed by atoms with van der Waals surface area (Å²) in [4.78, 5) is 13.1. The predicted molar refractivity (Wildman–Crippen MR) is 128 cm³/mol. The topological polar surface area (TPSA) is 64.7 Å². The largest absolute Gasteiger partial charge is 0.349 e. The van der Waals surface area contributed by atoms with Crippen molar-refractivity contribution < 1.29 is 4.79 Å². The number of amides is 1. The number of aryl methyl sites for hydroxylation is 1. The first-order valence-electron chi connectivity index (χ1n) is 11.6. The average molecular weight is 440 g/mol. The highest BCUT2D eigenvalue weighted by Crippen LogP contribution is 2.30. The van der Waals surface area contributed by atoms with Gasteiger partial charge in [0.25, 0.3) is 0 Å². The summed E-state index contributed by atoms with van der Waals surface area (Å²) in [6.07, 6.45) is 5.25. The maximum Gasteiger partial charge on any atom is 0.225 e. The van der Waals surface area contributed by atoms with Gasteiger partial charge >= 0.3 is 0 Å². The predicted octanol–water partition coefficient (Wildman–Crippen LogP) is 4.47. The number of nitrogens with zero attached hydrogens (tertiary/aromatic N) is 4. The molecule has 0 fully saturated rings. The third-order valence-electron chi connectivity index (χ3n) is 6.55. The van der Waals surface area contributed by atoms with Gasteiger partial charge in [0.15, 0.2) is 0 Å². The Balaban J connectivity index is 1.31. The van der Waals surface area contributed by atoms with Crippen molar-refractivity contribution in [3.05, 3.63) is 101 Å². The lowest BCUT2D eigenvalue weighted by Gasteiger charge is -2.24. The standard InChI is InChI=1S/C27H29N5O/c1-19-23(20(2)32(30-19)22-12-7-4-8-13-22)16-27(33)29-25-14-9-15-26-24(25)17-28-31(26)18-21-10-5-3-6-11-21/h3-8,10-13,17,25H,9,14-16,18H2,1-2H3,(H,29,33). The number of carbonyl (C=O) groups is 1. The van der Waals surface area contributed by atoms with Crippen LogP contribution in [0.3, 0.4) is 0 Å². The van der Waals surface area contributed by atoms with Crippen molar-refractivity contribution in [2.24, 2.45) is 0 Å². The molecule has 1 unspecified atom stereocenters. The van der Waals surface area contributed by atoms with Crippen LogP contribution in [-0.2, 0) is 24.2 Å². The third kappa shape index (κ3) is 4.33. The van der Waals surface area contributed by atoms with Crippen molar-refractivity contribution in [2.75, 3.05) is 0 Å². The molecule has 0 aliphatic heterocycles.